The maximum Gasteiger partial charge on any atom is 0.240 e. The molecule has 1 atom stereocenters. The second-order valence-electron chi connectivity index (χ2n) is 7.34. The number of benzene rings is 2. The van der Waals surface area contributed by atoms with E-state index in [4.69, 9.17) is 0 Å². The highest BCUT2D eigenvalue weighted by molar-refractivity contribution is 7.89. The van der Waals surface area contributed by atoms with Crippen LogP contribution in [0.5, 0.6) is 0 Å². The van der Waals surface area contributed by atoms with Gasteiger partial charge in [0.25, 0.3) is 0 Å². The summed E-state index contributed by atoms with van der Waals surface area (Å²) >= 11 is 0. The predicted octanol–water partition coefficient (Wildman–Crippen LogP) is 2.93. The van der Waals surface area contributed by atoms with Crippen LogP contribution in [0.3, 0.4) is 0 Å². The molecule has 2 N–H and O–H groups in total. The second kappa shape index (κ2) is 9.40. The Kier molecular flexibility index (Phi) is 6.89. The monoisotopic (exact) mass is 429 g/mol. The molecule has 2 aromatic rings. The Labute approximate surface area is 177 Å². The molecule has 1 aliphatic heterocycles. The molecule has 0 aliphatic carbocycles. The molecular formula is C22H27N3O4S. The van der Waals surface area contributed by atoms with Crippen molar-refractivity contribution >= 4 is 33.2 Å². The Morgan fingerprint density at radius 1 is 1.07 bits per heavy atom. The number of hydrogen-bond acceptors (Lipinski definition) is 4. The molecule has 160 valence electrons. The van der Waals surface area contributed by atoms with E-state index >= 15 is 0 Å². The van der Waals surface area contributed by atoms with Crippen molar-refractivity contribution in [3.8, 4) is 0 Å². The summed E-state index contributed by atoms with van der Waals surface area (Å²) in [5, 5.41) is 2.78. The lowest BCUT2D eigenvalue weighted by molar-refractivity contribution is -0.122. The number of amides is 2. The Bertz CT molecular complexity index is 1000. The van der Waals surface area contributed by atoms with Gasteiger partial charge in [0, 0.05) is 30.9 Å². The van der Waals surface area contributed by atoms with Gasteiger partial charge in [-0.2, -0.15) is 0 Å². The van der Waals surface area contributed by atoms with E-state index in [1.165, 1.54) is 17.7 Å². The number of anilines is 2. The second-order valence-corrected chi connectivity index (χ2v) is 9.10. The van der Waals surface area contributed by atoms with Gasteiger partial charge in [0.1, 0.15) is 0 Å². The predicted molar refractivity (Wildman–Crippen MR) is 117 cm³/mol. The maximum atomic E-state index is 12.6. The molecule has 0 aromatic heterocycles. The van der Waals surface area contributed by atoms with Crippen molar-refractivity contribution in [1.29, 1.82) is 0 Å². The van der Waals surface area contributed by atoms with Crippen LogP contribution < -0.4 is 14.9 Å². The van der Waals surface area contributed by atoms with Crippen LogP contribution in [0.4, 0.5) is 11.4 Å². The molecule has 0 bridgehead atoms. The van der Waals surface area contributed by atoms with Crippen molar-refractivity contribution < 1.29 is 18.0 Å². The molecular weight excluding hydrogens is 402 g/mol. The van der Waals surface area contributed by atoms with E-state index in [1.807, 2.05) is 31.2 Å². The average Bonchev–Trinajstić information content (AvgIpc) is 3.14. The van der Waals surface area contributed by atoms with Crippen LogP contribution in [0, 0.1) is 5.92 Å². The smallest absolute Gasteiger partial charge is 0.240 e. The Morgan fingerprint density at radius 3 is 2.33 bits per heavy atom. The molecule has 1 saturated heterocycles. The molecule has 3 rings (SSSR count). The summed E-state index contributed by atoms with van der Waals surface area (Å²) in [7, 11) is -3.55. The molecule has 2 aromatic carbocycles. The minimum atomic E-state index is -3.55. The summed E-state index contributed by atoms with van der Waals surface area (Å²) in [6.07, 6.45) is 1.77. The van der Waals surface area contributed by atoms with Crippen LogP contribution in [0.2, 0.25) is 0 Å². The zero-order chi connectivity index (χ0) is 21.7. The van der Waals surface area contributed by atoms with Crippen LogP contribution in [-0.4, -0.2) is 33.3 Å². The fraction of sp³-hybridized carbons (Fsp3) is 0.364. The first-order chi connectivity index (χ1) is 14.3. The van der Waals surface area contributed by atoms with Gasteiger partial charge in [0.05, 0.1) is 10.8 Å². The van der Waals surface area contributed by atoms with E-state index in [1.54, 1.807) is 17.0 Å². The third kappa shape index (κ3) is 5.06. The zero-order valence-electron chi connectivity index (χ0n) is 17.2. The Hall–Kier alpha value is -2.71. The van der Waals surface area contributed by atoms with E-state index in [2.05, 4.69) is 17.0 Å². The number of aryl methyl sites for hydroxylation is 1. The molecule has 0 spiro atoms. The highest BCUT2D eigenvalue weighted by Crippen LogP contribution is 2.26. The van der Waals surface area contributed by atoms with Crippen molar-refractivity contribution in [1.82, 2.24) is 4.72 Å². The van der Waals surface area contributed by atoms with E-state index in [0.29, 0.717) is 25.2 Å². The van der Waals surface area contributed by atoms with Gasteiger partial charge in [-0.1, -0.05) is 26.0 Å². The molecule has 8 heteroatoms. The van der Waals surface area contributed by atoms with Crippen molar-refractivity contribution in [2.24, 2.45) is 5.92 Å². The third-order valence-corrected chi connectivity index (χ3v) is 6.60. The van der Waals surface area contributed by atoms with Gasteiger partial charge in [-0.25, -0.2) is 13.1 Å². The van der Waals surface area contributed by atoms with Crippen molar-refractivity contribution in [2.75, 3.05) is 23.3 Å². The van der Waals surface area contributed by atoms with E-state index in [-0.39, 0.29) is 23.1 Å². The standard InChI is InChI=1S/C22H27N3O4S/c1-3-13-23-30(28,29)20-11-7-18(8-12-20)24-22(27)17-14-21(26)25(15-17)19-9-5-16(4-2)6-10-19/h5-12,17,23H,3-4,13-15H2,1-2H3,(H,24,27). The molecule has 0 saturated carbocycles. The molecule has 7 nitrogen and oxygen atoms in total. The van der Waals surface area contributed by atoms with Crippen molar-refractivity contribution in [3.05, 3.63) is 54.1 Å². The van der Waals surface area contributed by atoms with Crippen LogP contribution in [0.15, 0.2) is 53.4 Å². The average molecular weight is 430 g/mol. The fourth-order valence-electron chi connectivity index (χ4n) is 3.33. The molecule has 1 fully saturated rings. The van der Waals surface area contributed by atoms with Crippen molar-refractivity contribution in [3.63, 3.8) is 0 Å². The summed E-state index contributed by atoms with van der Waals surface area (Å²) in [5.74, 6) is -0.795. The molecule has 30 heavy (non-hydrogen) atoms. The number of hydrogen-bond donors (Lipinski definition) is 2. The zero-order valence-corrected chi connectivity index (χ0v) is 18.0. The summed E-state index contributed by atoms with van der Waals surface area (Å²) < 4.78 is 26.8. The largest absolute Gasteiger partial charge is 0.326 e. The fourth-order valence-corrected chi connectivity index (χ4v) is 4.46. The van der Waals surface area contributed by atoms with Gasteiger partial charge in [-0.15, -0.1) is 0 Å². The van der Waals surface area contributed by atoms with Crippen LogP contribution in [0.1, 0.15) is 32.3 Å². The minimum Gasteiger partial charge on any atom is -0.326 e. The third-order valence-electron chi connectivity index (χ3n) is 5.13. The lowest BCUT2D eigenvalue weighted by atomic mass is 10.1. The van der Waals surface area contributed by atoms with Gasteiger partial charge in [0.2, 0.25) is 21.8 Å². The summed E-state index contributed by atoms with van der Waals surface area (Å²) in [6, 6.07) is 13.8. The van der Waals surface area contributed by atoms with Crippen LogP contribution in [0.25, 0.3) is 0 Å². The van der Waals surface area contributed by atoms with Gasteiger partial charge in [-0.3, -0.25) is 9.59 Å². The first-order valence-corrected chi connectivity index (χ1v) is 11.6. The van der Waals surface area contributed by atoms with Gasteiger partial charge in [0.15, 0.2) is 0 Å². The van der Waals surface area contributed by atoms with Gasteiger partial charge >= 0.3 is 0 Å². The molecule has 1 aliphatic rings. The number of carbonyl (C=O) groups excluding carboxylic acids is 2. The number of carbonyl (C=O) groups is 2. The van der Waals surface area contributed by atoms with Gasteiger partial charge < -0.3 is 10.2 Å². The van der Waals surface area contributed by atoms with Crippen LogP contribution in [-0.2, 0) is 26.0 Å². The maximum absolute atomic E-state index is 12.6. The molecule has 1 unspecified atom stereocenters. The summed E-state index contributed by atoms with van der Waals surface area (Å²) in [5.41, 5.74) is 2.48. The Morgan fingerprint density at radius 2 is 1.73 bits per heavy atom. The number of nitrogens with zero attached hydrogens (tertiary/aromatic N) is 1. The Balaban J connectivity index is 1.62. The first-order valence-electron chi connectivity index (χ1n) is 10.1. The molecule has 0 radical (unpaired) electrons. The van der Waals surface area contributed by atoms with E-state index in [9.17, 15) is 18.0 Å². The summed E-state index contributed by atoms with van der Waals surface area (Å²) in [6.45, 7) is 4.65. The van der Waals surface area contributed by atoms with Gasteiger partial charge in [-0.05, 0) is 54.8 Å². The summed E-state index contributed by atoms with van der Waals surface area (Å²) in [4.78, 5) is 26.8. The number of sulfonamides is 1. The topological polar surface area (TPSA) is 95.6 Å². The number of nitrogens with one attached hydrogen (secondary N) is 2. The molecule has 1 heterocycles. The normalized spacial score (nSPS) is 16.7. The van der Waals surface area contributed by atoms with Crippen LogP contribution >= 0.6 is 0 Å². The first kappa shape index (κ1) is 22.0. The van der Waals surface area contributed by atoms with E-state index in [0.717, 1.165) is 12.1 Å². The minimum absolute atomic E-state index is 0.0807. The molecule has 2 amide bonds. The van der Waals surface area contributed by atoms with E-state index < -0.39 is 15.9 Å². The highest BCUT2D eigenvalue weighted by atomic mass is 32.2. The quantitative estimate of drug-likeness (QED) is 0.674. The number of rotatable bonds is 8. The van der Waals surface area contributed by atoms with Crippen molar-refractivity contribution in [2.45, 2.75) is 38.0 Å². The highest BCUT2D eigenvalue weighted by Gasteiger charge is 2.35. The SMILES string of the molecule is CCCNS(=O)(=O)c1ccc(NC(=O)C2CC(=O)N(c3ccc(CC)cc3)C2)cc1. The lowest BCUT2D eigenvalue weighted by Crippen LogP contribution is -2.28. The lowest BCUT2D eigenvalue weighted by Gasteiger charge is -2.17.